The molecule has 1 N–H and O–H groups in total. The number of hydrogen-bond acceptors (Lipinski definition) is 3. The Balaban J connectivity index is 1.61. The van der Waals surface area contributed by atoms with Crippen LogP contribution in [0.25, 0.3) is 0 Å². The average molecular weight is 364 g/mol. The number of imide groups is 1. The molecular weight excluding hydrogens is 340 g/mol. The molecular formula is C22H24N2O3. The first kappa shape index (κ1) is 18.8. The summed E-state index contributed by atoms with van der Waals surface area (Å²) in [4.78, 5) is 38.1. The summed E-state index contributed by atoms with van der Waals surface area (Å²) in [6, 6.07) is 14.6. The molecule has 0 aliphatic carbocycles. The number of benzene rings is 2. The molecule has 0 spiro atoms. The second-order valence-electron chi connectivity index (χ2n) is 7.37. The van der Waals surface area contributed by atoms with Crippen LogP contribution < -0.4 is 5.32 Å². The van der Waals surface area contributed by atoms with Gasteiger partial charge in [-0.25, -0.2) is 0 Å². The van der Waals surface area contributed by atoms with Crippen LogP contribution in [0.4, 0.5) is 0 Å². The summed E-state index contributed by atoms with van der Waals surface area (Å²) in [5, 5.41) is 2.87. The van der Waals surface area contributed by atoms with Crippen molar-refractivity contribution in [2.45, 2.75) is 33.2 Å². The number of carbonyl (C=O) groups excluding carboxylic acids is 3. The third kappa shape index (κ3) is 4.08. The number of rotatable bonds is 6. The monoisotopic (exact) mass is 364 g/mol. The lowest BCUT2D eigenvalue weighted by molar-refractivity contribution is -0.122. The van der Waals surface area contributed by atoms with Gasteiger partial charge in [0.05, 0.1) is 17.2 Å². The molecule has 140 valence electrons. The van der Waals surface area contributed by atoms with Crippen molar-refractivity contribution >= 4 is 17.7 Å². The minimum Gasteiger partial charge on any atom is -0.348 e. The molecule has 2 aromatic carbocycles. The zero-order chi connectivity index (χ0) is 19.6. The lowest BCUT2D eigenvalue weighted by Crippen LogP contribution is -2.41. The third-order valence-corrected chi connectivity index (χ3v) is 4.68. The fraction of sp³-hybridized carbons (Fsp3) is 0.318. The van der Waals surface area contributed by atoms with Gasteiger partial charge in [0, 0.05) is 0 Å². The van der Waals surface area contributed by atoms with Gasteiger partial charge in [0.2, 0.25) is 5.91 Å². The maximum Gasteiger partial charge on any atom is 0.262 e. The summed E-state index contributed by atoms with van der Waals surface area (Å²) in [6.45, 7) is 5.96. The standard InChI is InChI=1S/C22H24N2O3/c1-14(2)12-16-8-10-17(11-9-16)15(3)23-20(25)13-24-21(26)18-6-4-5-7-19(18)22(24)27/h4-11,14-15H,12-13H2,1-3H3,(H,23,25). The van der Waals surface area contributed by atoms with Crippen LogP contribution in [-0.4, -0.2) is 29.2 Å². The first-order chi connectivity index (χ1) is 12.9. The van der Waals surface area contributed by atoms with Gasteiger partial charge >= 0.3 is 0 Å². The average Bonchev–Trinajstić information content (AvgIpc) is 2.87. The number of nitrogens with zero attached hydrogens (tertiary/aromatic N) is 1. The van der Waals surface area contributed by atoms with E-state index in [0.29, 0.717) is 17.0 Å². The van der Waals surface area contributed by atoms with Crippen molar-refractivity contribution < 1.29 is 14.4 Å². The van der Waals surface area contributed by atoms with Gasteiger partial charge in [-0.2, -0.15) is 0 Å². The summed E-state index contributed by atoms with van der Waals surface area (Å²) >= 11 is 0. The first-order valence-corrected chi connectivity index (χ1v) is 9.20. The van der Waals surface area contributed by atoms with E-state index in [0.717, 1.165) is 16.9 Å². The normalized spacial score (nSPS) is 14.4. The van der Waals surface area contributed by atoms with E-state index in [-0.39, 0.29) is 18.5 Å². The lowest BCUT2D eigenvalue weighted by atomic mass is 10.00. The minimum absolute atomic E-state index is 0.208. The molecule has 0 fully saturated rings. The molecule has 0 saturated carbocycles. The van der Waals surface area contributed by atoms with Crippen molar-refractivity contribution in [1.29, 1.82) is 0 Å². The fourth-order valence-corrected chi connectivity index (χ4v) is 3.31. The Bertz CT molecular complexity index is 836. The number of nitrogens with one attached hydrogen (secondary N) is 1. The van der Waals surface area contributed by atoms with Gasteiger partial charge in [-0.15, -0.1) is 0 Å². The highest BCUT2D eigenvalue weighted by Gasteiger charge is 2.36. The van der Waals surface area contributed by atoms with Gasteiger partial charge in [0.1, 0.15) is 6.54 Å². The zero-order valence-electron chi connectivity index (χ0n) is 15.9. The van der Waals surface area contributed by atoms with Crippen LogP contribution in [0.15, 0.2) is 48.5 Å². The Labute approximate surface area is 159 Å². The summed E-state index contributed by atoms with van der Waals surface area (Å²) in [5.74, 6) is -0.608. The Morgan fingerprint density at radius 3 is 2.00 bits per heavy atom. The Kier molecular flexibility index (Phi) is 5.40. The second kappa shape index (κ2) is 7.74. The third-order valence-electron chi connectivity index (χ3n) is 4.68. The Morgan fingerprint density at radius 1 is 0.926 bits per heavy atom. The van der Waals surface area contributed by atoms with Gasteiger partial charge in [-0.1, -0.05) is 50.2 Å². The van der Waals surface area contributed by atoms with E-state index in [1.165, 1.54) is 5.56 Å². The molecule has 2 aromatic rings. The van der Waals surface area contributed by atoms with E-state index in [1.54, 1.807) is 24.3 Å². The van der Waals surface area contributed by atoms with Crippen molar-refractivity contribution in [1.82, 2.24) is 10.2 Å². The number of fused-ring (bicyclic) bond motifs is 1. The van der Waals surface area contributed by atoms with Gasteiger partial charge in [-0.05, 0) is 42.5 Å². The second-order valence-corrected chi connectivity index (χ2v) is 7.37. The molecule has 5 nitrogen and oxygen atoms in total. The molecule has 0 radical (unpaired) electrons. The number of amides is 3. The smallest absolute Gasteiger partial charge is 0.262 e. The van der Waals surface area contributed by atoms with Crippen molar-refractivity contribution in [3.63, 3.8) is 0 Å². The predicted octanol–water partition coefficient (Wildman–Crippen LogP) is 3.36. The van der Waals surface area contributed by atoms with Gasteiger partial charge < -0.3 is 5.32 Å². The van der Waals surface area contributed by atoms with E-state index < -0.39 is 11.8 Å². The number of carbonyl (C=O) groups is 3. The van der Waals surface area contributed by atoms with Gasteiger partial charge in [-0.3, -0.25) is 19.3 Å². The molecule has 0 bridgehead atoms. The molecule has 1 heterocycles. The molecule has 1 atom stereocenters. The van der Waals surface area contributed by atoms with Crippen LogP contribution in [0.1, 0.15) is 58.7 Å². The van der Waals surface area contributed by atoms with E-state index in [2.05, 4.69) is 31.3 Å². The maximum absolute atomic E-state index is 12.4. The first-order valence-electron chi connectivity index (χ1n) is 9.20. The summed E-state index contributed by atoms with van der Waals surface area (Å²) in [5.41, 5.74) is 2.95. The van der Waals surface area contributed by atoms with E-state index in [4.69, 9.17) is 0 Å². The Morgan fingerprint density at radius 2 is 1.48 bits per heavy atom. The summed E-state index contributed by atoms with van der Waals surface area (Å²) < 4.78 is 0. The SMILES string of the molecule is CC(C)Cc1ccc(C(C)NC(=O)CN2C(=O)c3ccccc3C2=O)cc1. The zero-order valence-corrected chi connectivity index (χ0v) is 15.9. The van der Waals surface area contributed by atoms with Gasteiger partial charge in [0.15, 0.2) is 0 Å². The largest absolute Gasteiger partial charge is 0.348 e. The van der Waals surface area contributed by atoms with Crippen molar-refractivity contribution in [3.8, 4) is 0 Å². The topological polar surface area (TPSA) is 66.5 Å². The maximum atomic E-state index is 12.4. The summed E-state index contributed by atoms with van der Waals surface area (Å²) in [6.07, 6.45) is 1.01. The van der Waals surface area contributed by atoms with Crippen molar-refractivity contribution in [2.24, 2.45) is 5.92 Å². The molecule has 1 aliphatic heterocycles. The molecule has 0 saturated heterocycles. The highest BCUT2D eigenvalue weighted by Crippen LogP contribution is 2.22. The molecule has 1 aliphatic rings. The van der Waals surface area contributed by atoms with Crippen LogP contribution in [0, 0.1) is 5.92 Å². The van der Waals surface area contributed by atoms with E-state index in [1.807, 2.05) is 19.1 Å². The summed E-state index contributed by atoms with van der Waals surface area (Å²) in [7, 11) is 0. The van der Waals surface area contributed by atoms with E-state index in [9.17, 15) is 14.4 Å². The van der Waals surface area contributed by atoms with Crippen molar-refractivity contribution in [2.75, 3.05) is 6.54 Å². The highest BCUT2D eigenvalue weighted by atomic mass is 16.2. The lowest BCUT2D eigenvalue weighted by Gasteiger charge is -2.18. The quantitative estimate of drug-likeness (QED) is 0.799. The van der Waals surface area contributed by atoms with E-state index >= 15 is 0 Å². The minimum atomic E-state index is -0.420. The van der Waals surface area contributed by atoms with Crippen LogP contribution in [0.3, 0.4) is 0 Å². The van der Waals surface area contributed by atoms with Crippen molar-refractivity contribution in [3.05, 3.63) is 70.8 Å². The fourth-order valence-electron chi connectivity index (χ4n) is 3.31. The van der Waals surface area contributed by atoms with Gasteiger partial charge in [0.25, 0.3) is 11.8 Å². The predicted molar refractivity (Wildman–Crippen MR) is 103 cm³/mol. The highest BCUT2D eigenvalue weighted by molar-refractivity contribution is 6.22. The van der Waals surface area contributed by atoms with Crippen LogP contribution in [0.5, 0.6) is 0 Å². The Hall–Kier alpha value is -2.95. The molecule has 1 unspecified atom stereocenters. The van der Waals surface area contributed by atoms with Crippen LogP contribution >= 0.6 is 0 Å². The number of hydrogen-bond donors (Lipinski definition) is 1. The van der Waals surface area contributed by atoms with Crippen LogP contribution in [-0.2, 0) is 11.2 Å². The van der Waals surface area contributed by atoms with Crippen LogP contribution in [0.2, 0.25) is 0 Å². The molecule has 3 amide bonds. The molecule has 3 rings (SSSR count). The molecule has 5 heteroatoms. The molecule has 27 heavy (non-hydrogen) atoms. The molecule has 0 aromatic heterocycles.